The zero-order valence-corrected chi connectivity index (χ0v) is 14.9. The molecule has 1 heterocycles. The molecule has 0 aliphatic heterocycles. The molecule has 2 aromatic carbocycles. The lowest BCUT2D eigenvalue weighted by Crippen LogP contribution is -2.07. The number of esters is 1. The summed E-state index contributed by atoms with van der Waals surface area (Å²) < 4.78 is 23.5. The quantitative estimate of drug-likeness (QED) is 0.414. The smallest absolute Gasteiger partial charge is 0.336 e. The maximum absolute atomic E-state index is 13.1. The lowest BCUT2D eigenvalue weighted by atomic mass is 10.1. The molecule has 0 saturated heterocycles. The molecule has 0 fully saturated rings. The Morgan fingerprint density at radius 1 is 1.18 bits per heavy atom. The van der Waals surface area contributed by atoms with E-state index in [1.54, 1.807) is 18.2 Å². The number of anilines is 1. The SMILES string of the molecule is CC(=O)Nc1ccc2c(COC(=O)/C=C/c3cccc(F)c3)cc(=O)oc2c1. The van der Waals surface area contributed by atoms with Gasteiger partial charge in [-0.1, -0.05) is 12.1 Å². The van der Waals surface area contributed by atoms with E-state index in [1.807, 2.05) is 0 Å². The van der Waals surface area contributed by atoms with Crippen molar-refractivity contribution >= 4 is 34.6 Å². The number of amides is 1. The van der Waals surface area contributed by atoms with Crippen molar-refractivity contribution in [2.45, 2.75) is 13.5 Å². The van der Waals surface area contributed by atoms with Gasteiger partial charge in [-0.3, -0.25) is 4.79 Å². The second kappa shape index (κ2) is 8.30. The minimum Gasteiger partial charge on any atom is -0.458 e. The highest BCUT2D eigenvalue weighted by Gasteiger charge is 2.09. The van der Waals surface area contributed by atoms with Crippen LogP contribution in [0.4, 0.5) is 10.1 Å². The van der Waals surface area contributed by atoms with Crippen LogP contribution in [0.2, 0.25) is 0 Å². The molecule has 0 atom stereocenters. The number of ether oxygens (including phenoxy) is 1. The molecule has 0 bridgehead atoms. The Labute approximate surface area is 159 Å². The highest BCUT2D eigenvalue weighted by Crippen LogP contribution is 2.22. The number of hydrogen-bond acceptors (Lipinski definition) is 5. The Morgan fingerprint density at radius 2 is 2.00 bits per heavy atom. The highest BCUT2D eigenvalue weighted by molar-refractivity contribution is 5.92. The maximum Gasteiger partial charge on any atom is 0.336 e. The van der Waals surface area contributed by atoms with Crippen LogP contribution in [0.1, 0.15) is 18.1 Å². The van der Waals surface area contributed by atoms with Gasteiger partial charge in [0, 0.05) is 41.8 Å². The summed E-state index contributed by atoms with van der Waals surface area (Å²) in [5.74, 6) is -1.30. The van der Waals surface area contributed by atoms with E-state index < -0.39 is 17.4 Å². The number of hydrogen-bond donors (Lipinski definition) is 1. The molecule has 1 aromatic heterocycles. The Hall–Kier alpha value is -3.74. The minimum atomic E-state index is -0.638. The van der Waals surface area contributed by atoms with Crippen molar-refractivity contribution < 1.29 is 23.1 Å². The van der Waals surface area contributed by atoms with Crippen molar-refractivity contribution in [2.75, 3.05) is 5.32 Å². The zero-order valence-electron chi connectivity index (χ0n) is 14.9. The van der Waals surface area contributed by atoms with Gasteiger partial charge in [0.05, 0.1) is 0 Å². The predicted octanol–water partition coefficient (Wildman–Crippen LogP) is 3.65. The van der Waals surface area contributed by atoms with Gasteiger partial charge in [0.25, 0.3) is 0 Å². The number of carbonyl (C=O) groups excluding carboxylic acids is 2. The Kier molecular flexibility index (Phi) is 5.64. The Morgan fingerprint density at radius 3 is 2.75 bits per heavy atom. The van der Waals surface area contributed by atoms with Crippen LogP contribution in [0.5, 0.6) is 0 Å². The molecule has 7 heteroatoms. The fraction of sp³-hybridized carbons (Fsp3) is 0.0952. The Bertz CT molecular complexity index is 1130. The van der Waals surface area contributed by atoms with E-state index in [2.05, 4.69) is 5.32 Å². The number of nitrogens with one attached hydrogen (secondary N) is 1. The molecule has 0 radical (unpaired) electrons. The Balaban J connectivity index is 1.75. The van der Waals surface area contributed by atoms with Crippen molar-refractivity contribution in [3.8, 4) is 0 Å². The summed E-state index contributed by atoms with van der Waals surface area (Å²) in [6, 6.07) is 11.8. The average Bonchev–Trinajstić information content (AvgIpc) is 2.63. The molecule has 1 N–H and O–H groups in total. The summed E-state index contributed by atoms with van der Waals surface area (Å²) in [6.07, 6.45) is 2.61. The summed E-state index contributed by atoms with van der Waals surface area (Å²) in [5.41, 5.74) is 1.13. The molecule has 0 spiro atoms. The molecule has 1 amide bonds. The van der Waals surface area contributed by atoms with Gasteiger partial charge in [0.1, 0.15) is 18.0 Å². The second-order valence-corrected chi connectivity index (χ2v) is 5.98. The first-order valence-electron chi connectivity index (χ1n) is 8.35. The fourth-order valence-electron chi connectivity index (χ4n) is 2.60. The lowest BCUT2D eigenvalue weighted by Gasteiger charge is -2.08. The first kappa shape index (κ1) is 19.0. The summed E-state index contributed by atoms with van der Waals surface area (Å²) >= 11 is 0. The first-order valence-corrected chi connectivity index (χ1v) is 8.35. The number of fused-ring (bicyclic) bond motifs is 1. The van der Waals surface area contributed by atoms with Crippen molar-refractivity contribution in [1.82, 2.24) is 0 Å². The van der Waals surface area contributed by atoms with Gasteiger partial charge in [-0.2, -0.15) is 0 Å². The number of halogens is 1. The summed E-state index contributed by atoms with van der Waals surface area (Å²) in [6.45, 7) is 1.22. The molecular formula is C21H16FNO5. The van der Waals surface area contributed by atoms with E-state index in [1.165, 1.54) is 49.4 Å². The van der Waals surface area contributed by atoms with Gasteiger partial charge >= 0.3 is 11.6 Å². The summed E-state index contributed by atoms with van der Waals surface area (Å²) in [4.78, 5) is 34.9. The fourth-order valence-corrected chi connectivity index (χ4v) is 2.60. The molecule has 3 aromatic rings. The standard InChI is InChI=1S/C21H16FNO5/c1-13(24)23-17-6-7-18-15(10-21(26)28-19(18)11-17)12-27-20(25)8-5-14-3-2-4-16(22)9-14/h2-11H,12H2,1H3,(H,23,24)/b8-5+. The summed E-state index contributed by atoms with van der Waals surface area (Å²) in [7, 11) is 0. The van der Waals surface area contributed by atoms with Crippen molar-refractivity contribution in [1.29, 1.82) is 0 Å². The van der Waals surface area contributed by atoms with Gasteiger partial charge < -0.3 is 14.5 Å². The van der Waals surface area contributed by atoms with Crippen LogP contribution in [0.25, 0.3) is 17.0 Å². The lowest BCUT2D eigenvalue weighted by molar-refractivity contribution is -0.138. The van der Waals surface area contributed by atoms with Crippen molar-refractivity contribution in [3.63, 3.8) is 0 Å². The van der Waals surface area contributed by atoms with Crippen LogP contribution in [-0.2, 0) is 20.9 Å². The van der Waals surface area contributed by atoms with Crippen molar-refractivity contribution in [2.24, 2.45) is 0 Å². The number of benzene rings is 2. The third kappa shape index (κ3) is 4.91. The molecule has 0 unspecified atom stereocenters. The summed E-state index contributed by atoms with van der Waals surface area (Å²) in [5, 5.41) is 3.18. The largest absolute Gasteiger partial charge is 0.458 e. The van der Waals surface area contributed by atoms with Crippen molar-refractivity contribution in [3.05, 3.63) is 82.0 Å². The van der Waals surface area contributed by atoms with E-state index in [0.717, 1.165) is 0 Å². The molecule has 0 saturated carbocycles. The average molecular weight is 381 g/mol. The van der Waals surface area contributed by atoms with E-state index in [0.29, 0.717) is 22.2 Å². The van der Waals surface area contributed by atoms with Crippen LogP contribution in [-0.4, -0.2) is 11.9 Å². The van der Waals surface area contributed by atoms with E-state index in [9.17, 15) is 18.8 Å². The molecule has 3 rings (SSSR count). The normalized spacial score (nSPS) is 10.9. The van der Waals surface area contributed by atoms with E-state index in [4.69, 9.17) is 9.15 Å². The predicted molar refractivity (Wildman–Crippen MR) is 102 cm³/mol. The molecular weight excluding hydrogens is 365 g/mol. The van der Waals surface area contributed by atoms with Crippen LogP contribution >= 0.6 is 0 Å². The van der Waals surface area contributed by atoms with Gasteiger partial charge in [-0.25, -0.2) is 14.0 Å². The second-order valence-electron chi connectivity index (χ2n) is 5.98. The van der Waals surface area contributed by atoms with E-state index >= 15 is 0 Å². The van der Waals surface area contributed by atoms with Gasteiger partial charge in [0.15, 0.2) is 0 Å². The van der Waals surface area contributed by atoms with Crippen LogP contribution < -0.4 is 10.9 Å². The molecule has 28 heavy (non-hydrogen) atoms. The third-order valence-corrected chi connectivity index (χ3v) is 3.78. The first-order chi connectivity index (χ1) is 13.4. The number of rotatable bonds is 5. The van der Waals surface area contributed by atoms with Crippen LogP contribution in [0, 0.1) is 5.82 Å². The third-order valence-electron chi connectivity index (χ3n) is 3.78. The molecule has 6 nitrogen and oxygen atoms in total. The maximum atomic E-state index is 13.1. The molecule has 0 aliphatic carbocycles. The highest BCUT2D eigenvalue weighted by atomic mass is 19.1. The number of carbonyl (C=O) groups is 2. The monoisotopic (exact) mass is 381 g/mol. The van der Waals surface area contributed by atoms with Gasteiger partial charge in [0.2, 0.25) is 5.91 Å². The minimum absolute atomic E-state index is 0.145. The van der Waals surface area contributed by atoms with E-state index in [-0.39, 0.29) is 18.1 Å². The molecule has 142 valence electrons. The zero-order chi connectivity index (χ0) is 20.1. The topological polar surface area (TPSA) is 85.6 Å². The van der Waals surface area contributed by atoms with Gasteiger partial charge in [-0.15, -0.1) is 0 Å². The van der Waals surface area contributed by atoms with Crippen LogP contribution in [0.3, 0.4) is 0 Å². The van der Waals surface area contributed by atoms with Crippen LogP contribution in [0.15, 0.2) is 63.8 Å². The van der Waals surface area contributed by atoms with Gasteiger partial charge in [-0.05, 0) is 35.9 Å². The molecule has 0 aliphatic rings.